The van der Waals surface area contributed by atoms with Crippen LogP contribution in [0.3, 0.4) is 0 Å². The Morgan fingerprint density at radius 1 is 1.53 bits per heavy atom. The van der Waals surface area contributed by atoms with Crippen molar-refractivity contribution in [1.29, 1.82) is 0 Å². The maximum absolute atomic E-state index is 5.11. The third kappa shape index (κ3) is 5.29. The van der Waals surface area contributed by atoms with Gasteiger partial charge in [-0.05, 0) is 53.0 Å². The minimum Gasteiger partial charge on any atom is -0.383 e. The Bertz CT molecular complexity index is 333. The lowest BCUT2D eigenvalue weighted by atomic mass is 10.3. The second kappa shape index (κ2) is 6.97. The van der Waals surface area contributed by atoms with Crippen LogP contribution in [0.25, 0.3) is 0 Å². The van der Waals surface area contributed by atoms with Crippen molar-refractivity contribution in [1.82, 2.24) is 5.32 Å². The van der Waals surface area contributed by atoms with E-state index in [-0.39, 0.29) is 0 Å². The van der Waals surface area contributed by atoms with Crippen molar-refractivity contribution in [2.45, 2.75) is 0 Å². The molecule has 0 heterocycles. The van der Waals surface area contributed by atoms with Gasteiger partial charge in [0, 0.05) is 22.9 Å². The molecule has 1 rings (SSSR count). The molecule has 0 spiro atoms. The van der Waals surface area contributed by atoms with Crippen molar-refractivity contribution in [3.05, 3.63) is 27.8 Å². The Balaban J connectivity index is 2.37. The van der Waals surface area contributed by atoms with Gasteiger partial charge in [0.05, 0.1) is 6.61 Å². The van der Waals surface area contributed by atoms with Crippen molar-refractivity contribution in [3.8, 4) is 0 Å². The first-order valence-electron chi connectivity index (χ1n) is 4.51. The summed E-state index contributed by atoms with van der Waals surface area (Å²) in [4.78, 5) is 0. The topological polar surface area (TPSA) is 33.3 Å². The Morgan fingerprint density at radius 3 is 3.00 bits per heavy atom. The predicted octanol–water partition coefficient (Wildman–Crippen LogP) is 2.22. The Hall–Kier alpha value is -0.400. The van der Waals surface area contributed by atoms with Crippen molar-refractivity contribution in [2.75, 3.05) is 25.6 Å². The lowest BCUT2D eigenvalue weighted by Gasteiger charge is -2.10. The van der Waals surface area contributed by atoms with Crippen LogP contribution in [0.1, 0.15) is 0 Å². The number of anilines is 1. The van der Waals surface area contributed by atoms with Gasteiger partial charge in [-0.15, -0.1) is 0 Å². The van der Waals surface area contributed by atoms with E-state index in [1.54, 1.807) is 7.11 Å². The van der Waals surface area contributed by atoms with Crippen LogP contribution in [0.2, 0.25) is 0 Å². The molecule has 0 atom stereocenters. The molecule has 0 aromatic heterocycles. The van der Waals surface area contributed by atoms with E-state index in [1.165, 1.54) is 3.57 Å². The average molecular weight is 336 g/mol. The normalized spacial score (nSPS) is 9.73. The van der Waals surface area contributed by atoms with E-state index in [4.69, 9.17) is 17.0 Å². The molecule has 1 aromatic carbocycles. The van der Waals surface area contributed by atoms with Crippen LogP contribution >= 0.6 is 34.8 Å². The molecule has 0 bridgehead atoms. The van der Waals surface area contributed by atoms with Crippen molar-refractivity contribution in [3.63, 3.8) is 0 Å². The number of halogens is 1. The van der Waals surface area contributed by atoms with Gasteiger partial charge in [0.15, 0.2) is 5.11 Å². The molecule has 0 aliphatic heterocycles. The Morgan fingerprint density at radius 2 is 2.33 bits per heavy atom. The molecule has 82 valence electrons. The van der Waals surface area contributed by atoms with E-state index in [0.29, 0.717) is 18.3 Å². The SMILES string of the molecule is COCCNC(=S)Nc1cccc(I)c1. The Kier molecular flexibility index (Phi) is 5.89. The van der Waals surface area contributed by atoms with Gasteiger partial charge in [-0.2, -0.15) is 0 Å². The molecule has 0 saturated carbocycles. The van der Waals surface area contributed by atoms with Gasteiger partial charge in [-0.3, -0.25) is 0 Å². The average Bonchev–Trinajstić information content (AvgIpc) is 2.18. The highest BCUT2D eigenvalue weighted by Gasteiger charge is 1.96. The molecule has 0 aliphatic rings. The van der Waals surface area contributed by atoms with Crippen molar-refractivity contribution >= 4 is 45.6 Å². The quantitative estimate of drug-likeness (QED) is 0.502. The van der Waals surface area contributed by atoms with Gasteiger partial charge in [0.25, 0.3) is 0 Å². The summed E-state index contributed by atoms with van der Waals surface area (Å²) in [6.45, 7) is 1.36. The predicted molar refractivity (Wildman–Crippen MR) is 75.3 cm³/mol. The van der Waals surface area contributed by atoms with E-state index >= 15 is 0 Å². The zero-order valence-electron chi connectivity index (χ0n) is 8.42. The van der Waals surface area contributed by atoms with Gasteiger partial charge in [-0.1, -0.05) is 6.07 Å². The zero-order valence-corrected chi connectivity index (χ0v) is 11.4. The molecule has 1 aromatic rings. The largest absolute Gasteiger partial charge is 0.383 e. The minimum absolute atomic E-state index is 0.619. The fraction of sp³-hybridized carbons (Fsp3) is 0.300. The highest BCUT2D eigenvalue weighted by Crippen LogP contribution is 2.11. The van der Waals surface area contributed by atoms with Crippen LogP contribution in [0, 0.1) is 3.57 Å². The fourth-order valence-corrected chi connectivity index (χ4v) is 1.77. The lowest BCUT2D eigenvalue weighted by Crippen LogP contribution is -2.31. The maximum Gasteiger partial charge on any atom is 0.170 e. The smallest absolute Gasteiger partial charge is 0.170 e. The second-order valence-corrected chi connectivity index (χ2v) is 4.54. The summed E-state index contributed by atoms with van der Waals surface area (Å²) in [5.41, 5.74) is 0.997. The van der Waals surface area contributed by atoms with Crippen molar-refractivity contribution < 1.29 is 4.74 Å². The number of nitrogens with one attached hydrogen (secondary N) is 2. The lowest BCUT2D eigenvalue weighted by molar-refractivity contribution is 0.204. The van der Waals surface area contributed by atoms with Crippen LogP contribution in [-0.4, -0.2) is 25.4 Å². The molecule has 0 amide bonds. The molecular weight excluding hydrogens is 323 g/mol. The first-order valence-corrected chi connectivity index (χ1v) is 6.00. The monoisotopic (exact) mass is 336 g/mol. The van der Waals surface area contributed by atoms with Gasteiger partial charge < -0.3 is 15.4 Å². The molecule has 3 nitrogen and oxygen atoms in total. The molecule has 0 radical (unpaired) electrons. The third-order valence-corrected chi connectivity index (χ3v) is 2.59. The second-order valence-electron chi connectivity index (χ2n) is 2.88. The zero-order chi connectivity index (χ0) is 11.1. The fourth-order valence-electron chi connectivity index (χ4n) is 1.01. The standard InChI is InChI=1S/C10H13IN2OS/c1-14-6-5-12-10(15)13-9-4-2-3-8(11)7-9/h2-4,7H,5-6H2,1H3,(H2,12,13,15). The number of thiocarbonyl (C=S) groups is 1. The van der Waals surface area contributed by atoms with Gasteiger partial charge in [0.1, 0.15) is 0 Å². The molecule has 0 saturated heterocycles. The van der Waals surface area contributed by atoms with Crippen LogP contribution in [0.4, 0.5) is 5.69 Å². The van der Waals surface area contributed by atoms with E-state index in [1.807, 2.05) is 24.3 Å². The highest BCUT2D eigenvalue weighted by molar-refractivity contribution is 14.1. The van der Waals surface area contributed by atoms with Crippen LogP contribution < -0.4 is 10.6 Å². The molecule has 0 aliphatic carbocycles. The van der Waals surface area contributed by atoms with Crippen molar-refractivity contribution in [2.24, 2.45) is 0 Å². The van der Waals surface area contributed by atoms with Gasteiger partial charge >= 0.3 is 0 Å². The highest BCUT2D eigenvalue weighted by atomic mass is 127. The first-order chi connectivity index (χ1) is 7.22. The summed E-state index contributed by atoms with van der Waals surface area (Å²) in [6, 6.07) is 8.03. The van der Waals surface area contributed by atoms with E-state index < -0.39 is 0 Å². The molecule has 15 heavy (non-hydrogen) atoms. The number of hydrogen-bond acceptors (Lipinski definition) is 2. The summed E-state index contributed by atoms with van der Waals surface area (Å²) in [7, 11) is 1.66. The third-order valence-electron chi connectivity index (χ3n) is 1.67. The van der Waals surface area contributed by atoms with E-state index in [0.717, 1.165) is 5.69 Å². The summed E-state index contributed by atoms with van der Waals surface area (Å²) >= 11 is 7.38. The molecule has 5 heteroatoms. The molecule has 2 N–H and O–H groups in total. The van der Waals surface area contributed by atoms with E-state index in [2.05, 4.69) is 33.2 Å². The van der Waals surface area contributed by atoms with Crippen LogP contribution in [0.15, 0.2) is 24.3 Å². The first kappa shape index (κ1) is 12.7. The molecule has 0 unspecified atom stereocenters. The number of hydrogen-bond donors (Lipinski definition) is 2. The molecular formula is C10H13IN2OS. The molecule has 0 fully saturated rings. The van der Waals surface area contributed by atoms with Gasteiger partial charge in [0.2, 0.25) is 0 Å². The van der Waals surface area contributed by atoms with Gasteiger partial charge in [-0.25, -0.2) is 0 Å². The van der Waals surface area contributed by atoms with Crippen LogP contribution in [-0.2, 0) is 4.74 Å². The summed E-state index contributed by atoms with van der Waals surface area (Å²) < 4.78 is 6.09. The number of rotatable bonds is 4. The van der Waals surface area contributed by atoms with E-state index in [9.17, 15) is 0 Å². The number of ether oxygens (including phenoxy) is 1. The number of benzene rings is 1. The minimum atomic E-state index is 0.619. The summed E-state index contributed by atoms with van der Waals surface area (Å²) in [5, 5.41) is 6.77. The number of methoxy groups -OCH3 is 1. The summed E-state index contributed by atoms with van der Waals surface area (Å²) in [5.74, 6) is 0. The maximum atomic E-state index is 5.11. The van der Waals surface area contributed by atoms with Crippen LogP contribution in [0.5, 0.6) is 0 Å². The summed E-state index contributed by atoms with van der Waals surface area (Å²) in [6.07, 6.45) is 0. The Labute approximate surface area is 109 Å².